The van der Waals surface area contributed by atoms with Crippen LogP contribution in [0.2, 0.25) is 0 Å². The molecule has 0 N–H and O–H groups in total. The fourth-order valence-electron chi connectivity index (χ4n) is 1.46. The highest BCUT2D eigenvalue weighted by Crippen LogP contribution is 2.07. The molecule has 14 heavy (non-hydrogen) atoms. The largest absolute Gasteiger partial charge is 0.257 e. The molecule has 0 aromatic carbocycles. The summed E-state index contributed by atoms with van der Waals surface area (Å²) in [4.78, 5) is 4.28. The fourth-order valence-corrected chi connectivity index (χ4v) is 1.46. The average Bonchev–Trinajstić information content (AvgIpc) is 2.25. The first-order chi connectivity index (χ1) is 6.86. The van der Waals surface area contributed by atoms with Gasteiger partial charge in [-0.05, 0) is 30.5 Å². The molecule has 0 amide bonds. The molecule has 0 unspecified atom stereocenters. The summed E-state index contributed by atoms with van der Waals surface area (Å²) in [6.07, 6.45) is 10.2. The maximum Gasteiger partial charge on any atom is 0.0623 e. The summed E-state index contributed by atoms with van der Waals surface area (Å²) in [5.41, 5.74) is 2.30. The second kappa shape index (κ2) is 6.36. The maximum atomic E-state index is 4.28. The van der Waals surface area contributed by atoms with Gasteiger partial charge in [0, 0.05) is 6.20 Å². The summed E-state index contributed by atoms with van der Waals surface area (Å²) < 4.78 is 0. The van der Waals surface area contributed by atoms with Crippen LogP contribution in [0.3, 0.4) is 0 Å². The Balaban J connectivity index is 2.32. The van der Waals surface area contributed by atoms with Crippen molar-refractivity contribution >= 4 is 6.08 Å². The molecule has 0 aliphatic rings. The van der Waals surface area contributed by atoms with Gasteiger partial charge in [-0.3, -0.25) is 4.98 Å². The molecule has 0 radical (unpaired) electrons. The van der Waals surface area contributed by atoms with E-state index in [-0.39, 0.29) is 0 Å². The van der Waals surface area contributed by atoms with Crippen LogP contribution in [0.5, 0.6) is 0 Å². The summed E-state index contributed by atoms with van der Waals surface area (Å²) in [7, 11) is 0. The predicted molar refractivity (Wildman–Crippen MR) is 62.2 cm³/mol. The van der Waals surface area contributed by atoms with Gasteiger partial charge < -0.3 is 0 Å². The molecule has 0 spiro atoms. The van der Waals surface area contributed by atoms with Gasteiger partial charge in [-0.15, -0.1) is 0 Å². The molecule has 0 aliphatic carbocycles. The fraction of sp³-hybridized carbons (Fsp3) is 0.462. The van der Waals surface area contributed by atoms with Gasteiger partial charge in [0.15, 0.2) is 0 Å². The second-order valence-electron chi connectivity index (χ2n) is 3.61. The van der Waals surface area contributed by atoms with Crippen LogP contribution in [-0.4, -0.2) is 4.98 Å². The normalized spacial score (nSPS) is 10.1. The number of hydrogen-bond donors (Lipinski definition) is 0. The van der Waals surface area contributed by atoms with Gasteiger partial charge in [0.2, 0.25) is 0 Å². The molecule has 0 saturated carbocycles. The Kier molecular flexibility index (Phi) is 4.98. The molecule has 1 heterocycles. The van der Waals surface area contributed by atoms with E-state index in [1.54, 1.807) is 6.08 Å². The standard InChI is InChI=1S/C13H19N/c1-3-5-6-7-8-12-9-10-13(4-2)14-11-12/h4,9-11H,2-3,5-8H2,1H3. The molecule has 0 atom stereocenters. The van der Waals surface area contributed by atoms with E-state index in [4.69, 9.17) is 0 Å². The zero-order chi connectivity index (χ0) is 10.2. The second-order valence-corrected chi connectivity index (χ2v) is 3.61. The lowest BCUT2D eigenvalue weighted by Gasteiger charge is -2.00. The van der Waals surface area contributed by atoms with Crippen molar-refractivity contribution in [1.29, 1.82) is 0 Å². The van der Waals surface area contributed by atoms with Crippen LogP contribution in [0.4, 0.5) is 0 Å². The Morgan fingerprint density at radius 2 is 2.14 bits per heavy atom. The molecule has 0 fully saturated rings. The van der Waals surface area contributed by atoms with Gasteiger partial charge >= 0.3 is 0 Å². The first-order valence-electron chi connectivity index (χ1n) is 5.44. The Morgan fingerprint density at radius 1 is 1.29 bits per heavy atom. The van der Waals surface area contributed by atoms with Crippen molar-refractivity contribution in [2.75, 3.05) is 0 Å². The Morgan fingerprint density at radius 3 is 2.71 bits per heavy atom. The van der Waals surface area contributed by atoms with Crippen LogP contribution in [0.15, 0.2) is 24.9 Å². The number of aryl methyl sites for hydroxylation is 1. The summed E-state index contributed by atoms with van der Waals surface area (Å²) >= 11 is 0. The molecule has 0 saturated heterocycles. The molecule has 76 valence electrons. The molecule has 1 aromatic rings. The van der Waals surface area contributed by atoms with Crippen LogP contribution >= 0.6 is 0 Å². The van der Waals surface area contributed by atoms with Crippen molar-refractivity contribution in [3.05, 3.63) is 36.2 Å². The zero-order valence-electron chi connectivity index (χ0n) is 9.00. The van der Waals surface area contributed by atoms with Gasteiger partial charge in [0.25, 0.3) is 0 Å². The van der Waals surface area contributed by atoms with E-state index in [0.717, 1.165) is 12.1 Å². The molecule has 0 bridgehead atoms. The third kappa shape index (κ3) is 3.73. The van der Waals surface area contributed by atoms with E-state index in [1.807, 2.05) is 12.3 Å². The number of hydrogen-bond acceptors (Lipinski definition) is 1. The Bertz CT molecular complexity index is 261. The number of pyridine rings is 1. The van der Waals surface area contributed by atoms with Crippen LogP contribution in [-0.2, 0) is 6.42 Å². The number of rotatable bonds is 6. The Labute approximate surface area is 86.9 Å². The van der Waals surface area contributed by atoms with Crippen LogP contribution in [0, 0.1) is 0 Å². The van der Waals surface area contributed by atoms with Gasteiger partial charge in [0.05, 0.1) is 5.69 Å². The van der Waals surface area contributed by atoms with Crippen molar-refractivity contribution in [3.63, 3.8) is 0 Å². The third-order valence-electron chi connectivity index (χ3n) is 2.38. The van der Waals surface area contributed by atoms with Crippen LogP contribution in [0.1, 0.15) is 43.9 Å². The highest BCUT2D eigenvalue weighted by molar-refractivity contribution is 5.41. The molecule has 1 aromatic heterocycles. The molecule has 1 heteroatoms. The maximum absolute atomic E-state index is 4.28. The van der Waals surface area contributed by atoms with E-state index in [2.05, 4.69) is 24.6 Å². The van der Waals surface area contributed by atoms with Crippen molar-refractivity contribution in [3.8, 4) is 0 Å². The first kappa shape index (κ1) is 11.0. The number of aromatic nitrogens is 1. The number of nitrogens with zero attached hydrogens (tertiary/aromatic N) is 1. The minimum absolute atomic E-state index is 0.960. The monoisotopic (exact) mass is 189 g/mol. The van der Waals surface area contributed by atoms with E-state index >= 15 is 0 Å². The van der Waals surface area contributed by atoms with E-state index < -0.39 is 0 Å². The topological polar surface area (TPSA) is 12.9 Å². The first-order valence-corrected chi connectivity index (χ1v) is 5.44. The van der Waals surface area contributed by atoms with Crippen molar-refractivity contribution in [1.82, 2.24) is 4.98 Å². The molecule has 1 nitrogen and oxygen atoms in total. The lowest BCUT2D eigenvalue weighted by atomic mass is 10.1. The summed E-state index contributed by atoms with van der Waals surface area (Å²) in [6.45, 7) is 5.92. The van der Waals surface area contributed by atoms with Crippen LogP contribution in [0.25, 0.3) is 6.08 Å². The van der Waals surface area contributed by atoms with Gasteiger partial charge in [-0.2, -0.15) is 0 Å². The molecular weight excluding hydrogens is 170 g/mol. The SMILES string of the molecule is C=Cc1ccc(CCCCCC)cn1. The van der Waals surface area contributed by atoms with Gasteiger partial charge in [-0.25, -0.2) is 0 Å². The minimum atomic E-state index is 0.960. The minimum Gasteiger partial charge on any atom is -0.257 e. The highest BCUT2D eigenvalue weighted by atomic mass is 14.7. The lowest BCUT2D eigenvalue weighted by molar-refractivity contribution is 0.666. The lowest BCUT2D eigenvalue weighted by Crippen LogP contribution is -1.88. The van der Waals surface area contributed by atoms with Gasteiger partial charge in [-0.1, -0.05) is 38.8 Å². The molecular formula is C13H19N. The van der Waals surface area contributed by atoms with Crippen molar-refractivity contribution in [2.45, 2.75) is 39.0 Å². The third-order valence-corrected chi connectivity index (χ3v) is 2.38. The smallest absolute Gasteiger partial charge is 0.0623 e. The zero-order valence-corrected chi connectivity index (χ0v) is 9.00. The average molecular weight is 189 g/mol. The highest BCUT2D eigenvalue weighted by Gasteiger charge is 1.94. The van der Waals surface area contributed by atoms with Crippen LogP contribution < -0.4 is 0 Å². The van der Waals surface area contributed by atoms with E-state index in [1.165, 1.54) is 31.2 Å². The van der Waals surface area contributed by atoms with E-state index in [9.17, 15) is 0 Å². The van der Waals surface area contributed by atoms with Crippen molar-refractivity contribution in [2.24, 2.45) is 0 Å². The Hall–Kier alpha value is -1.11. The predicted octanol–water partition coefficient (Wildman–Crippen LogP) is 3.85. The molecule has 0 aliphatic heterocycles. The summed E-state index contributed by atoms with van der Waals surface area (Å²) in [6, 6.07) is 4.18. The van der Waals surface area contributed by atoms with Crippen molar-refractivity contribution < 1.29 is 0 Å². The quantitative estimate of drug-likeness (QED) is 0.619. The summed E-state index contributed by atoms with van der Waals surface area (Å²) in [5.74, 6) is 0. The summed E-state index contributed by atoms with van der Waals surface area (Å²) in [5, 5.41) is 0. The number of unbranched alkanes of at least 4 members (excludes halogenated alkanes) is 3. The van der Waals surface area contributed by atoms with E-state index in [0.29, 0.717) is 0 Å². The van der Waals surface area contributed by atoms with Gasteiger partial charge in [0.1, 0.15) is 0 Å². The molecule has 1 rings (SSSR count).